The molecule has 0 bridgehead atoms. The molecule has 0 atom stereocenters. The van der Waals surface area contributed by atoms with Crippen LogP contribution in [-0.4, -0.2) is 15.9 Å². The van der Waals surface area contributed by atoms with Crippen LogP contribution >= 0.6 is 0 Å². The van der Waals surface area contributed by atoms with Gasteiger partial charge < -0.3 is 16.0 Å². The van der Waals surface area contributed by atoms with E-state index in [2.05, 4.69) is 15.3 Å². The first kappa shape index (κ1) is 14.2. The molecule has 4 N–H and O–H groups in total. The molecule has 2 heterocycles. The first-order valence-corrected chi connectivity index (χ1v) is 6.51. The predicted molar refractivity (Wildman–Crippen MR) is 78.3 cm³/mol. The van der Waals surface area contributed by atoms with E-state index in [1.807, 2.05) is 0 Å². The topological polar surface area (TPSA) is 83.8 Å². The summed E-state index contributed by atoms with van der Waals surface area (Å²) >= 11 is 0. The zero-order chi connectivity index (χ0) is 15.7. The Morgan fingerprint density at radius 1 is 1.27 bits per heavy atom. The van der Waals surface area contributed by atoms with Gasteiger partial charge in [0.1, 0.15) is 17.3 Å². The summed E-state index contributed by atoms with van der Waals surface area (Å²) in [6.07, 6.45) is 3.20. The summed E-state index contributed by atoms with van der Waals surface area (Å²) < 4.78 is 27.4. The Morgan fingerprint density at radius 2 is 2.00 bits per heavy atom. The zero-order valence-electron chi connectivity index (χ0n) is 11.4. The number of nitrogens with one attached hydrogen (secondary N) is 2. The summed E-state index contributed by atoms with van der Waals surface area (Å²) in [6.45, 7) is -0.270. The minimum absolute atomic E-state index is 0.118. The van der Waals surface area contributed by atoms with Crippen molar-refractivity contribution in [3.8, 4) is 0 Å². The second-order valence-corrected chi connectivity index (χ2v) is 4.68. The van der Waals surface area contributed by atoms with Gasteiger partial charge in [-0.2, -0.15) is 0 Å². The maximum absolute atomic E-state index is 13.7. The molecule has 0 saturated carbocycles. The van der Waals surface area contributed by atoms with E-state index < -0.39 is 17.5 Å². The Labute approximate surface area is 124 Å². The highest BCUT2D eigenvalue weighted by molar-refractivity contribution is 6.08. The van der Waals surface area contributed by atoms with Crippen LogP contribution in [0.2, 0.25) is 0 Å². The van der Waals surface area contributed by atoms with E-state index in [1.165, 1.54) is 6.20 Å². The van der Waals surface area contributed by atoms with Gasteiger partial charge in [0.05, 0.1) is 5.69 Å². The molecule has 2 aromatic heterocycles. The number of hydrogen-bond donors (Lipinski definition) is 3. The van der Waals surface area contributed by atoms with E-state index in [1.54, 1.807) is 18.3 Å². The van der Waals surface area contributed by atoms with Gasteiger partial charge in [-0.1, -0.05) is 0 Å². The van der Waals surface area contributed by atoms with E-state index in [-0.39, 0.29) is 17.7 Å². The average molecular weight is 302 g/mol. The molecule has 5 nitrogen and oxygen atoms in total. The Bertz CT molecular complexity index is 837. The van der Waals surface area contributed by atoms with Gasteiger partial charge in [-0.05, 0) is 24.3 Å². The second kappa shape index (κ2) is 5.53. The van der Waals surface area contributed by atoms with E-state index in [0.29, 0.717) is 16.7 Å². The van der Waals surface area contributed by atoms with Gasteiger partial charge in [0.2, 0.25) is 0 Å². The number of nitrogens with two attached hydrogens (primary N) is 1. The first-order chi connectivity index (χ1) is 10.6. The molecule has 0 aliphatic rings. The zero-order valence-corrected chi connectivity index (χ0v) is 11.4. The number of pyridine rings is 1. The van der Waals surface area contributed by atoms with Crippen LogP contribution in [0.4, 0.5) is 14.5 Å². The summed E-state index contributed by atoms with van der Waals surface area (Å²) in [7, 11) is 0. The van der Waals surface area contributed by atoms with Crippen molar-refractivity contribution in [1.82, 2.24) is 9.97 Å². The number of hydrogen-bond acceptors (Lipinski definition) is 3. The van der Waals surface area contributed by atoms with Crippen LogP contribution in [0.15, 0.2) is 36.7 Å². The van der Waals surface area contributed by atoms with E-state index in [9.17, 15) is 13.6 Å². The highest BCUT2D eigenvalue weighted by Crippen LogP contribution is 2.22. The number of halogens is 2. The molecule has 0 radical (unpaired) electrons. The first-order valence-electron chi connectivity index (χ1n) is 6.51. The summed E-state index contributed by atoms with van der Waals surface area (Å²) in [4.78, 5) is 19.2. The van der Waals surface area contributed by atoms with Crippen molar-refractivity contribution in [1.29, 1.82) is 0 Å². The molecule has 0 unspecified atom stereocenters. The fourth-order valence-corrected chi connectivity index (χ4v) is 2.19. The normalized spacial score (nSPS) is 10.9. The number of amides is 1. The highest BCUT2D eigenvalue weighted by Gasteiger charge is 2.15. The molecule has 112 valence electrons. The number of aromatic nitrogens is 2. The standard InChI is InChI=1S/C15H12F2N4O/c16-11-5-8(6-12(17)10(11)7-18)15(22)21-13-2-4-20-14-9(13)1-3-19-14/h1-6H,7,18H2,(H2,19,20,21,22). The van der Waals surface area contributed by atoms with Crippen molar-refractivity contribution in [3.05, 3.63) is 59.4 Å². The van der Waals surface area contributed by atoms with Gasteiger partial charge >= 0.3 is 0 Å². The van der Waals surface area contributed by atoms with Crippen LogP contribution in [0.3, 0.4) is 0 Å². The van der Waals surface area contributed by atoms with Crippen molar-refractivity contribution in [2.45, 2.75) is 6.54 Å². The smallest absolute Gasteiger partial charge is 0.255 e. The minimum Gasteiger partial charge on any atom is -0.346 e. The number of nitrogens with zero attached hydrogens (tertiary/aromatic N) is 1. The fourth-order valence-electron chi connectivity index (χ4n) is 2.19. The molecule has 1 amide bonds. The number of anilines is 1. The molecule has 0 saturated heterocycles. The molecule has 0 spiro atoms. The Hall–Kier alpha value is -2.80. The van der Waals surface area contributed by atoms with Crippen molar-refractivity contribution >= 4 is 22.6 Å². The molecule has 0 aliphatic carbocycles. The fraction of sp³-hybridized carbons (Fsp3) is 0.0667. The van der Waals surface area contributed by atoms with E-state index >= 15 is 0 Å². The number of carbonyl (C=O) groups is 1. The van der Waals surface area contributed by atoms with Crippen LogP contribution < -0.4 is 11.1 Å². The molecule has 3 rings (SSSR count). The number of rotatable bonds is 3. The van der Waals surface area contributed by atoms with Gasteiger partial charge in [-0.15, -0.1) is 0 Å². The Balaban J connectivity index is 1.93. The van der Waals surface area contributed by atoms with Crippen molar-refractivity contribution in [3.63, 3.8) is 0 Å². The number of benzene rings is 1. The third kappa shape index (κ3) is 2.42. The summed E-state index contributed by atoms with van der Waals surface area (Å²) in [6, 6.07) is 5.29. The van der Waals surface area contributed by atoms with Crippen LogP contribution in [0.1, 0.15) is 15.9 Å². The third-order valence-corrected chi connectivity index (χ3v) is 3.32. The van der Waals surface area contributed by atoms with Crippen molar-refractivity contribution in [2.75, 3.05) is 5.32 Å². The van der Waals surface area contributed by atoms with E-state index in [0.717, 1.165) is 12.1 Å². The van der Waals surface area contributed by atoms with Crippen molar-refractivity contribution in [2.24, 2.45) is 5.73 Å². The number of fused-ring (bicyclic) bond motifs is 1. The van der Waals surface area contributed by atoms with Gasteiger partial charge in [0.15, 0.2) is 0 Å². The maximum atomic E-state index is 13.7. The van der Waals surface area contributed by atoms with E-state index in [4.69, 9.17) is 5.73 Å². The van der Waals surface area contributed by atoms with Gasteiger partial charge in [0, 0.05) is 35.5 Å². The van der Waals surface area contributed by atoms with Crippen LogP contribution in [0, 0.1) is 11.6 Å². The van der Waals surface area contributed by atoms with Crippen LogP contribution in [-0.2, 0) is 6.54 Å². The quantitative estimate of drug-likeness (QED) is 0.695. The molecule has 0 fully saturated rings. The Morgan fingerprint density at radius 3 is 2.68 bits per heavy atom. The molecule has 22 heavy (non-hydrogen) atoms. The maximum Gasteiger partial charge on any atom is 0.255 e. The molecule has 7 heteroatoms. The summed E-state index contributed by atoms with van der Waals surface area (Å²) in [5, 5.41) is 3.32. The van der Waals surface area contributed by atoms with Crippen LogP contribution in [0.25, 0.3) is 11.0 Å². The lowest BCUT2D eigenvalue weighted by molar-refractivity contribution is 0.102. The lowest BCUT2D eigenvalue weighted by Crippen LogP contribution is -2.14. The lowest BCUT2D eigenvalue weighted by Gasteiger charge is -2.08. The lowest BCUT2D eigenvalue weighted by atomic mass is 10.1. The Kier molecular flexibility index (Phi) is 3.56. The van der Waals surface area contributed by atoms with Crippen LogP contribution in [0.5, 0.6) is 0 Å². The summed E-state index contributed by atoms with van der Waals surface area (Å²) in [5.74, 6) is -2.29. The number of H-pyrrole nitrogens is 1. The minimum atomic E-state index is -0.839. The SMILES string of the molecule is NCc1c(F)cc(C(=O)Nc2ccnc3[nH]ccc23)cc1F. The molecule has 3 aromatic rings. The summed E-state index contributed by atoms with van der Waals surface area (Å²) in [5.41, 5.74) is 6.01. The van der Waals surface area contributed by atoms with Crippen molar-refractivity contribution < 1.29 is 13.6 Å². The second-order valence-electron chi connectivity index (χ2n) is 4.68. The highest BCUT2D eigenvalue weighted by atomic mass is 19.1. The average Bonchev–Trinajstić information content (AvgIpc) is 2.96. The largest absolute Gasteiger partial charge is 0.346 e. The van der Waals surface area contributed by atoms with Gasteiger partial charge in [0.25, 0.3) is 5.91 Å². The van der Waals surface area contributed by atoms with Gasteiger partial charge in [-0.3, -0.25) is 4.79 Å². The van der Waals surface area contributed by atoms with Gasteiger partial charge in [-0.25, -0.2) is 13.8 Å². The molecule has 1 aromatic carbocycles. The molecular formula is C15H12F2N4O. The molecule has 0 aliphatic heterocycles. The molecular weight excluding hydrogens is 290 g/mol. The number of aromatic amines is 1. The number of carbonyl (C=O) groups excluding carboxylic acids is 1. The monoisotopic (exact) mass is 302 g/mol. The predicted octanol–water partition coefficient (Wildman–Crippen LogP) is 2.55. The third-order valence-electron chi connectivity index (χ3n) is 3.32.